The van der Waals surface area contributed by atoms with E-state index in [1.54, 1.807) is 6.08 Å². The van der Waals surface area contributed by atoms with Gasteiger partial charge in [0.1, 0.15) is 0 Å². The predicted molar refractivity (Wildman–Crippen MR) is 47.0 cm³/mol. The molecule has 0 aliphatic rings. The van der Waals surface area contributed by atoms with Crippen molar-refractivity contribution in [3.8, 4) is 0 Å². The highest BCUT2D eigenvalue weighted by Gasteiger charge is 2.35. The first-order valence-electron chi connectivity index (χ1n) is 4.11. The Bertz CT molecular complexity index is 184. The van der Waals surface area contributed by atoms with E-state index in [1.165, 1.54) is 0 Å². The van der Waals surface area contributed by atoms with Crippen molar-refractivity contribution in [1.29, 1.82) is 5.41 Å². The van der Waals surface area contributed by atoms with Crippen LogP contribution in [0.15, 0.2) is 12.7 Å². The Morgan fingerprint density at radius 2 is 2.08 bits per heavy atom. The summed E-state index contributed by atoms with van der Waals surface area (Å²) in [5.41, 5.74) is 0.143. The van der Waals surface area contributed by atoms with E-state index in [4.69, 9.17) is 5.41 Å². The molecule has 0 aliphatic carbocycles. The zero-order valence-electron chi connectivity index (χ0n) is 7.62. The highest BCUT2D eigenvalue weighted by Crippen LogP contribution is 2.28. The van der Waals surface area contributed by atoms with E-state index in [0.29, 0.717) is 12.8 Å². The fourth-order valence-electron chi connectivity index (χ4n) is 0.864. The number of hydrogen-bond donors (Lipinski definition) is 1. The molecule has 0 heterocycles. The minimum atomic E-state index is -4.18. The first-order chi connectivity index (χ1) is 5.88. The lowest BCUT2D eigenvalue weighted by molar-refractivity contribution is -0.167. The second-order valence-electron chi connectivity index (χ2n) is 3.08. The molecule has 1 atom stereocenters. The van der Waals surface area contributed by atoms with E-state index in [1.807, 2.05) is 0 Å². The molecule has 13 heavy (non-hydrogen) atoms. The SMILES string of the molecule is C=CCCC(=N)CC(C)C(F)(F)F. The fraction of sp³-hybridized carbons (Fsp3) is 0.667. The number of allylic oxidation sites excluding steroid dienone is 1. The maximum Gasteiger partial charge on any atom is 0.391 e. The van der Waals surface area contributed by atoms with E-state index in [9.17, 15) is 13.2 Å². The molecule has 4 heteroatoms. The molecule has 0 rings (SSSR count). The zero-order chi connectivity index (χ0) is 10.5. The zero-order valence-corrected chi connectivity index (χ0v) is 7.62. The molecule has 0 bridgehead atoms. The summed E-state index contributed by atoms with van der Waals surface area (Å²) in [7, 11) is 0. The maximum absolute atomic E-state index is 12.0. The molecule has 0 fully saturated rings. The molecular formula is C9H14F3N. The molecule has 0 aliphatic heterocycles. The van der Waals surface area contributed by atoms with Crippen LogP contribution in [0.25, 0.3) is 0 Å². The van der Waals surface area contributed by atoms with Gasteiger partial charge in [0.2, 0.25) is 0 Å². The largest absolute Gasteiger partial charge is 0.391 e. The summed E-state index contributed by atoms with van der Waals surface area (Å²) < 4.78 is 36.0. The molecule has 0 saturated heterocycles. The Morgan fingerprint density at radius 1 is 1.54 bits per heavy atom. The first kappa shape index (κ1) is 12.2. The van der Waals surface area contributed by atoms with Gasteiger partial charge in [-0.1, -0.05) is 13.0 Å². The van der Waals surface area contributed by atoms with E-state index in [2.05, 4.69) is 6.58 Å². The molecule has 0 amide bonds. The maximum atomic E-state index is 12.0. The highest BCUT2D eigenvalue weighted by atomic mass is 19.4. The molecule has 0 spiro atoms. The van der Waals surface area contributed by atoms with Gasteiger partial charge in [-0.15, -0.1) is 6.58 Å². The van der Waals surface area contributed by atoms with Crippen molar-refractivity contribution in [2.24, 2.45) is 5.92 Å². The van der Waals surface area contributed by atoms with Crippen LogP contribution in [0.1, 0.15) is 26.2 Å². The van der Waals surface area contributed by atoms with Gasteiger partial charge in [-0.2, -0.15) is 13.2 Å². The van der Waals surface area contributed by atoms with E-state index >= 15 is 0 Å². The monoisotopic (exact) mass is 193 g/mol. The van der Waals surface area contributed by atoms with Gasteiger partial charge < -0.3 is 5.41 Å². The van der Waals surface area contributed by atoms with Gasteiger partial charge in [0.05, 0.1) is 5.92 Å². The normalized spacial score (nSPS) is 13.8. The average Bonchev–Trinajstić information content (AvgIpc) is 1.99. The van der Waals surface area contributed by atoms with Crippen molar-refractivity contribution in [2.45, 2.75) is 32.4 Å². The fourth-order valence-corrected chi connectivity index (χ4v) is 0.864. The molecule has 0 aromatic heterocycles. The standard InChI is InChI=1S/C9H14F3N/c1-3-4-5-8(13)6-7(2)9(10,11)12/h3,7,13H,1,4-6H2,2H3. The van der Waals surface area contributed by atoms with E-state index in [-0.39, 0.29) is 12.1 Å². The summed E-state index contributed by atoms with van der Waals surface area (Å²) in [6.45, 7) is 4.54. The van der Waals surface area contributed by atoms with Crippen LogP contribution in [0.3, 0.4) is 0 Å². The van der Waals surface area contributed by atoms with Gasteiger partial charge >= 0.3 is 6.18 Å². The Balaban J connectivity index is 3.85. The minimum absolute atomic E-state index is 0.143. The van der Waals surface area contributed by atoms with Crippen LogP contribution < -0.4 is 0 Å². The number of halogens is 3. The van der Waals surface area contributed by atoms with Crippen LogP contribution in [0.4, 0.5) is 13.2 Å². The van der Waals surface area contributed by atoms with E-state index in [0.717, 1.165) is 6.92 Å². The summed E-state index contributed by atoms with van der Waals surface area (Å²) in [6.07, 6.45) is -1.82. The Kier molecular flexibility index (Phi) is 4.73. The van der Waals surface area contributed by atoms with Crippen molar-refractivity contribution in [3.63, 3.8) is 0 Å². The van der Waals surface area contributed by atoms with Crippen molar-refractivity contribution in [1.82, 2.24) is 0 Å². The van der Waals surface area contributed by atoms with E-state index < -0.39 is 12.1 Å². The molecular weight excluding hydrogens is 179 g/mol. The predicted octanol–water partition coefficient (Wildman–Crippen LogP) is 3.56. The van der Waals surface area contributed by atoms with Crippen LogP contribution in [-0.2, 0) is 0 Å². The molecule has 1 nitrogen and oxygen atoms in total. The highest BCUT2D eigenvalue weighted by molar-refractivity contribution is 5.81. The Morgan fingerprint density at radius 3 is 2.46 bits per heavy atom. The third-order valence-corrected chi connectivity index (χ3v) is 1.76. The smallest absolute Gasteiger partial charge is 0.310 e. The molecule has 1 unspecified atom stereocenters. The lowest BCUT2D eigenvalue weighted by Gasteiger charge is -2.15. The molecule has 1 N–H and O–H groups in total. The van der Waals surface area contributed by atoms with Gasteiger partial charge in [0, 0.05) is 5.71 Å². The summed E-state index contributed by atoms with van der Waals surface area (Å²) >= 11 is 0. The van der Waals surface area contributed by atoms with Gasteiger partial charge in [-0.25, -0.2) is 0 Å². The summed E-state index contributed by atoms with van der Waals surface area (Å²) in [6, 6.07) is 0. The number of hydrogen-bond acceptors (Lipinski definition) is 1. The van der Waals surface area contributed by atoms with Crippen LogP contribution in [0, 0.1) is 11.3 Å². The number of nitrogens with one attached hydrogen (secondary N) is 1. The molecule has 0 aromatic carbocycles. The van der Waals surface area contributed by atoms with Crippen molar-refractivity contribution < 1.29 is 13.2 Å². The first-order valence-corrected chi connectivity index (χ1v) is 4.11. The molecule has 0 aromatic rings. The lowest BCUT2D eigenvalue weighted by atomic mass is 10.0. The third kappa shape index (κ3) is 5.44. The van der Waals surface area contributed by atoms with Crippen molar-refractivity contribution in [3.05, 3.63) is 12.7 Å². The Hall–Kier alpha value is -0.800. The third-order valence-electron chi connectivity index (χ3n) is 1.76. The topological polar surface area (TPSA) is 23.9 Å². The van der Waals surface area contributed by atoms with Crippen molar-refractivity contribution >= 4 is 5.71 Å². The molecule has 0 radical (unpaired) electrons. The van der Waals surface area contributed by atoms with Gasteiger partial charge in [-0.3, -0.25) is 0 Å². The van der Waals surface area contributed by atoms with Crippen LogP contribution >= 0.6 is 0 Å². The van der Waals surface area contributed by atoms with Crippen LogP contribution in [0.2, 0.25) is 0 Å². The Labute approximate surface area is 76.2 Å². The second kappa shape index (κ2) is 5.04. The molecule has 76 valence electrons. The van der Waals surface area contributed by atoms with Crippen LogP contribution in [0.5, 0.6) is 0 Å². The second-order valence-corrected chi connectivity index (χ2v) is 3.08. The van der Waals surface area contributed by atoms with Gasteiger partial charge in [-0.05, 0) is 19.3 Å². The number of alkyl halides is 3. The summed E-state index contributed by atoms with van der Waals surface area (Å²) in [5.74, 6) is -1.41. The summed E-state index contributed by atoms with van der Waals surface area (Å²) in [4.78, 5) is 0. The van der Waals surface area contributed by atoms with Crippen LogP contribution in [-0.4, -0.2) is 11.9 Å². The quantitative estimate of drug-likeness (QED) is 0.510. The minimum Gasteiger partial charge on any atom is -0.310 e. The molecule has 0 saturated carbocycles. The van der Waals surface area contributed by atoms with Gasteiger partial charge in [0.25, 0.3) is 0 Å². The average molecular weight is 193 g/mol. The lowest BCUT2D eigenvalue weighted by Crippen LogP contribution is -2.22. The summed E-state index contributed by atoms with van der Waals surface area (Å²) in [5, 5.41) is 7.25. The number of rotatable bonds is 5. The van der Waals surface area contributed by atoms with Crippen molar-refractivity contribution in [2.75, 3.05) is 0 Å². The van der Waals surface area contributed by atoms with Gasteiger partial charge in [0.15, 0.2) is 0 Å².